The van der Waals surface area contributed by atoms with Crippen LogP contribution in [0.15, 0.2) is 51.8 Å². The number of nitrogens with zero attached hydrogens (tertiary/aromatic N) is 3. The molecule has 0 saturated heterocycles. The lowest BCUT2D eigenvalue weighted by Gasteiger charge is -2.47. The highest BCUT2D eigenvalue weighted by atomic mass is 32.2. The van der Waals surface area contributed by atoms with Crippen LogP contribution < -0.4 is 15.4 Å². The van der Waals surface area contributed by atoms with Crippen molar-refractivity contribution in [3.8, 4) is 17.2 Å². The van der Waals surface area contributed by atoms with Crippen LogP contribution in [0, 0.1) is 5.92 Å². The number of benzene rings is 2. The van der Waals surface area contributed by atoms with E-state index in [4.69, 9.17) is 10.2 Å². The predicted octanol–water partition coefficient (Wildman–Crippen LogP) is 5.23. The number of carbonyl (C=O) groups is 1. The highest BCUT2D eigenvalue weighted by Crippen LogP contribution is 2.54. The number of halogens is 4. The molecule has 1 amide bonds. The summed E-state index contributed by atoms with van der Waals surface area (Å²) in [6.07, 6.45) is -1.04. The lowest BCUT2D eigenvalue weighted by atomic mass is 9.57. The van der Waals surface area contributed by atoms with Crippen molar-refractivity contribution in [3.63, 3.8) is 0 Å². The molecule has 1 atom stereocenters. The molecule has 3 fully saturated rings. The number of carbonyl (C=O) groups excluding carboxylic acids is 1. The summed E-state index contributed by atoms with van der Waals surface area (Å²) in [7, 11) is -3.97. The molecule has 1 aliphatic heterocycles. The molecule has 2 aromatic carbocycles. The second-order valence-electron chi connectivity index (χ2n) is 11.7. The Labute approximate surface area is 245 Å². The molecular formula is C29H30F4N4O5S. The van der Waals surface area contributed by atoms with Gasteiger partial charge in [0.25, 0.3) is 0 Å². The summed E-state index contributed by atoms with van der Waals surface area (Å²) in [6.45, 7) is -0.191. The molecule has 14 heteroatoms. The fourth-order valence-corrected chi connectivity index (χ4v) is 7.97. The van der Waals surface area contributed by atoms with Gasteiger partial charge in [0, 0.05) is 11.0 Å². The number of hydrogen-bond donors (Lipinski definition) is 1. The number of rotatable bonds is 7. The van der Waals surface area contributed by atoms with Crippen LogP contribution in [0.3, 0.4) is 0 Å². The van der Waals surface area contributed by atoms with E-state index in [-0.39, 0.29) is 28.4 Å². The van der Waals surface area contributed by atoms with E-state index in [1.54, 1.807) is 6.07 Å². The van der Waals surface area contributed by atoms with E-state index in [9.17, 15) is 30.8 Å². The Morgan fingerprint density at radius 2 is 1.84 bits per heavy atom. The van der Waals surface area contributed by atoms with Gasteiger partial charge in [-0.1, -0.05) is 37.8 Å². The highest BCUT2D eigenvalue weighted by Gasteiger charge is 2.49. The standard InChI is InChI=1S/C29H30F4N4O5S/c30-26(31)29(32,33)42-20-8-5-17(6-9-20)15-37-22-12-19(7-10-23(22)43(39,40)16-21(34)25(37)38)24-35-36-27(41-24)28-11-3-1-2-4-18(13-28)14-28/h5-10,12,18,21,26H,1-4,11,13-16,34H2/t18?,21-,28?/m0/s1. The first kappa shape index (κ1) is 29.5. The molecule has 3 saturated carbocycles. The minimum atomic E-state index is -4.68. The van der Waals surface area contributed by atoms with Gasteiger partial charge in [-0.05, 0) is 61.1 Å². The van der Waals surface area contributed by atoms with Gasteiger partial charge in [-0.3, -0.25) is 4.79 Å². The summed E-state index contributed by atoms with van der Waals surface area (Å²) in [6, 6.07) is 7.77. The molecular weight excluding hydrogens is 592 g/mol. The quantitative estimate of drug-likeness (QED) is 0.355. The Morgan fingerprint density at radius 1 is 1.09 bits per heavy atom. The van der Waals surface area contributed by atoms with Crippen LogP contribution in [0.1, 0.15) is 56.4 Å². The van der Waals surface area contributed by atoms with Gasteiger partial charge in [0.15, 0.2) is 9.84 Å². The SMILES string of the molecule is N[C@H]1CS(=O)(=O)c2ccc(-c3nnc(C45CCCCCC(C4)C5)o3)cc2N(Cc2ccc(OC(F)(F)C(F)F)cc2)C1=O. The highest BCUT2D eigenvalue weighted by molar-refractivity contribution is 7.91. The van der Waals surface area contributed by atoms with E-state index in [2.05, 4.69) is 14.9 Å². The van der Waals surface area contributed by atoms with Gasteiger partial charge in [-0.25, -0.2) is 8.42 Å². The molecule has 7 rings (SSSR count). The van der Waals surface area contributed by atoms with E-state index >= 15 is 0 Å². The van der Waals surface area contributed by atoms with Crippen LogP contribution >= 0.6 is 0 Å². The Hall–Kier alpha value is -3.52. The molecule has 0 spiro atoms. The molecule has 2 bridgehead atoms. The summed E-state index contributed by atoms with van der Waals surface area (Å²) >= 11 is 0. The first-order chi connectivity index (χ1) is 20.4. The van der Waals surface area contributed by atoms with Gasteiger partial charge in [0.2, 0.25) is 17.7 Å². The van der Waals surface area contributed by atoms with E-state index in [0.29, 0.717) is 22.9 Å². The normalized spacial score (nSPS) is 25.3. The smallest absolute Gasteiger partial charge is 0.428 e. The lowest BCUT2D eigenvalue weighted by molar-refractivity contribution is -0.253. The number of ether oxygens (including phenoxy) is 1. The van der Waals surface area contributed by atoms with Crippen LogP contribution in [0.5, 0.6) is 5.75 Å². The van der Waals surface area contributed by atoms with E-state index in [1.807, 2.05) is 0 Å². The van der Waals surface area contributed by atoms with Crippen molar-refractivity contribution in [2.45, 2.75) is 80.4 Å². The number of fused-ring (bicyclic) bond motifs is 5. The van der Waals surface area contributed by atoms with Gasteiger partial charge in [0.05, 0.1) is 28.9 Å². The predicted molar refractivity (Wildman–Crippen MR) is 146 cm³/mol. The summed E-state index contributed by atoms with van der Waals surface area (Å²) in [5.74, 6) is -0.386. The fourth-order valence-electron chi connectivity index (χ4n) is 6.41. The minimum absolute atomic E-state index is 0.0487. The van der Waals surface area contributed by atoms with Gasteiger partial charge in [-0.15, -0.1) is 10.2 Å². The van der Waals surface area contributed by atoms with E-state index in [0.717, 1.165) is 37.8 Å². The molecule has 0 unspecified atom stereocenters. The number of amides is 1. The molecule has 3 aliphatic carbocycles. The molecule has 4 aliphatic rings. The van der Waals surface area contributed by atoms with Crippen LogP contribution in [-0.4, -0.2) is 48.9 Å². The van der Waals surface area contributed by atoms with Crippen molar-refractivity contribution in [1.82, 2.24) is 10.2 Å². The second-order valence-corrected chi connectivity index (χ2v) is 13.7. The van der Waals surface area contributed by atoms with Crippen molar-refractivity contribution >= 4 is 21.4 Å². The Morgan fingerprint density at radius 3 is 2.56 bits per heavy atom. The first-order valence-corrected chi connectivity index (χ1v) is 15.7. The fraction of sp³-hybridized carbons (Fsp3) is 0.483. The number of aromatic nitrogens is 2. The maximum atomic E-state index is 13.4. The molecule has 230 valence electrons. The Bertz CT molecular complexity index is 1620. The minimum Gasteiger partial charge on any atom is -0.428 e. The third-order valence-corrected chi connectivity index (χ3v) is 10.4. The first-order valence-electron chi connectivity index (χ1n) is 14.1. The third kappa shape index (κ3) is 5.62. The van der Waals surface area contributed by atoms with Gasteiger partial charge >= 0.3 is 12.5 Å². The third-order valence-electron chi connectivity index (χ3n) is 8.59. The van der Waals surface area contributed by atoms with Crippen molar-refractivity contribution in [2.24, 2.45) is 11.7 Å². The van der Waals surface area contributed by atoms with Crippen molar-refractivity contribution in [1.29, 1.82) is 0 Å². The molecule has 3 aromatic rings. The van der Waals surface area contributed by atoms with Gasteiger partial charge < -0.3 is 19.8 Å². The van der Waals surface area contributed by atoms with Gasteiger partial charge in [-0.2, -0.15) is 17.6 Å². The van der Waals surface area contributed by atoms with Crippen molar-refractivity contribution in [2.75, 3.05) is 10.7 Å². The molecule has 2 N–H and O–H groups in total. The van der Waals surface area contributed by atoms with Crippen LogP contribution in [0.25, 0.3) is 11.5 Å². The second kappa shape index (κ2) is 10.9. The zero-order valence-electron chi connectivity index (χ0n) is 23.0. The van der Waals surface area contributed by atoms with Crippen LogP contribution in [-0.2, 0) is 26.6 Å². The summed E-state index contributed by atoms with van der Waals surface area (Å²) < 4.78 is 88.3. The van der Waals surface area contributed by atoms with E-state index < -0.39 is 45.8 Å². The van der Waals surface area contributed by atoms with Crippen LogP contribution in [0.2, 0.25) is 0 Å². The summed E-state index contributed by atoms with van der Waals surface area (Å²) in [5.41, 5.74) is 6.69. The number of sulfone groups is 1. The maximum Gasteiger partial charge on any atom is 0.461 e. The molecule has 1 aromatic heterocycles. The maximum absolute atomic E-state index is 13.4. The molecule has 0 radical (unpaired) electrons. The Kier molecular flexibility index (Phi) is 7.48. The zero-order chi connectivity index (χ0) is 30.6. The van der Waals surface area contributed by atoms with Crippen molar-refractivity contribution < 1.29 is 39.9 Å². The van der Waals surface area contributed by atoms with E-state index in [1.165, 1.54) is 48.4 Å². The van der Waals surface area contributed by atoms with Crippen LogP contribution in [0.4, 0.5) is 23.2 Å². The number of alkyl halides is 4. The zero-order valence-corrected chi connectivity index (χ0v) is 23.8. The monoisotopic (exact) mass is 622 g/mol. The van der Waals surface area contributed by atoms with Gasteiger partial charge in [0.1, 0.15) is 5.75 Å². The molecule has 43 heavy (non-hydrogen) atoms. The average molecular weight is 623 g/mol. The largest absolute Gasteiger partial charge is 0.461 e. The molecule has 9 nitrogen and oxygen atoms in total. The number of anilines is 1. The topological polar surface area (TPSA) is 129 Å². The van der Waals surface area contributed by atoms with Crippen molar-refractivity contribution in [3.05, 3.63) is 53.9 Å². The lowest BCUT2D eigenvalue weighted by Crippen LogP contribution is -2.45. The average Bonchev–Trinajstić information content (AvgIpc) is 3.39. The number of nitrogens with two attached hydrogens (primary N) is 1. The summed E-state index contributed by atoms with van der Waals surface area (Å²) in [5, 5.41) is 8.63. The Balaban J connectivity index is 1.32. The summed E-state index contributed by atoms with van der Waals surface area (Å²) in [4.78, 5) is 14.5. The number of hydrogen-bond acceptors (Lipinski definition) is 8. The molecule has 2 heterocycles.